The van der Waals surface area contributed by atoms with Crippen LogP contribution in [0.4, 0.5) is 11.6 Å². The van der Waals surface area contributed by atoms with Crippen molar-refractivity contribution in [3.63, 3.8) is 0 Å². The summed E-state index contributed by atoms with van der Waals surface area (Å²) >= 11 is 0. The molecule has 2 aromatic carbocycles. The summed E-state index contributed by atoms with van der Waals surface area (Å²) in [4.78, 5) is 64.6. The van der Waals surface area contributed by atoms with Crippen molar-refractivity contribution in [1.82, 2.24) is 25.1 Å². The van der Waals surface area contributed by atoms with Crippen molar-refractivity contribution in [2.24, 2.45) is 0 Å². The average Bonchev–Trinajstić information content (AvgIpc) is 3.24. The van der Waals surface area contributed by atoms with E-state index >= 15 is 0 Å². The third-order valence-electron chi connectivity index (χ3n) is 7.04. The van der Waals surface area contributed by atoms with Crippen LogP contribution >= 0.6 is 0 Å². The molecular weight excluding hydrogens is 510 g/mol. The number of rotatable bonds is 8. The zero-order valence-electron chi connectivity index (χ0n) is 22.5. The van der Waals surface area contributed by atoms with Gasteiger partial charge < -0.3 is 20.4 Å². The normalized spacial score (nSPS) is 15.6. The van der Waals surface area contributed by atoms with Crippen LogP contribution in [0.25, 0.3) is 11.4 Å². The fraction of sp³-hybridized carbons (Fsp3) is 0.310. The highest BCUT2D eigenvalue weighted by molar-refractivity contribution is 6.22. The zero-order chi connectivity index (χ0) is 28.2. The van der Waals surface area contributed by atoms with Crippen molar-refractivity contribution in [3.8, 4) is 11.4 Å². The van der Waals surface area contributed by atoms with E-state index in [4.69, 9.17) is 4.98 Å². The van der Waals surface area contributed by atoms with Crippen molar-refractivity contribution < 1.29 is 19.2 Å². The smallest absolute Gasteiger partial charge is 0.262 e. The molecular formula is C29H31N7O4. The molecule has 0 bridgehead atoms. The van der Waals surface area contributed by atoms with Crippen molar-refractivity contribution in [3.05, 3.63) is 71.8 Å². The number of nitrogens with zero attached hydrogens (tertiary/aromatic N) is 5. The molecule has 2 N–H and O–H groups in total. The molecule has 206 valence electrons. The van der Waals surface area contributed by atoms with Crippen LogP contribution < -0.4 is 15.5 Å². The van der Waals surface area contributed by atoms with Gasteiger partial charge in [0.05, 0.1) is 11.1 Å². The third-order valence-corrected chi connectivity index (χ3v) is 7.04. The summed E-state index contributed by atoms with van der Waals surface area (Å²) in [5, 5.41) is 6.01. The lowest BCUT2D eigenvalue weighted by molar-refractivity contribution is -0.135. The number of carbonyl (C=O) groups excluding carboxylic acids is 4. The first kappa shape index (κ1) is 26.8. The van der Waals surface area contributed by atoms with Gasteiger partial charge in [-0.1, -0.05) is 42.5 Å². The fourth-order valence-corrected chi connectivity index (χ4v) is 4.92. The second kappa shape index (κ2) is 11.5. The number of nitrogens with one attached hydrogen (secondary N) is 2. The minimum atomic E-state index is -0.901. The van der Waals surface area contributed by atoms with Crippen LogP contribution in [0.1, 0.15) is 34.6 Å². The van der Waals surface area contributed by atoms with Crippen LogP contribution in [0.2, 0.25) is 0 Å². The number of hydrogen-bond acceptors (Lipinski definition) is 8. The summed E-state index contributed by atoms with van der Waals surface area (Å²) in [6, 6.07) is 17.3. The van der Waals surface area contributed by atoms with Gasteiger partial charge in [0.25, 0.3) is 11.8 Å². The van der Waals surface area contributed by atoms with Gasteiger partial charge in [-0.15, -0.1) is 0 Å². The van der Waals surface area contributed by atoms with Crippen molar-refractivity contribution in [2.45, 2.75) is 19.9 Å². The Balaban J connectivity index is 1.27. The number of carbonyl (C=O) groups is 4. The number of benzene rings is 2. The predicted molar refractivity (Wildman–Crippen MR) is 150 cm³/mol. The molecule has 1 saturated heterocycles. The molecule has 11 nitrogen and oxygen atoms in total. The molecule has 40 heavy (non-hydrogen) atoms. The van der Waals surface area contributed by atoms with E-state index in [9.17, 15) is 19.2 Å². The molecule has 1 atom stereocenters. The molecule has 0 spiro atoms. The molecule has 1 aromatic heterocycles. The minimum Gasteiger partial charge on any atom is -0.368 e. The molecule has 2 aliphatic rings. The highest BCUT2D eigenvalue weighted by Gasteiger charge is 2.42. The predicted octanol–water partition coefficient (Wildman–Crippen LogP) is 2.02. The molecule has 5 rings (SSSR count). The van der Waals surface area contributed by atoms with Gasteiger partial charge in [-0.3, -0.25) is 24.1 Å². The Kier molecular flexibility index (Phi) is 7.72. The molecule has 2 aliphatic heterocycles. The molecule has 4 amide bonds. The Morgan fingerprint density at radius 1 is 0.875 bits per heavy atom. The van der Waals surface area contributed by atoms with Crippen LogP contribution in [0.3, 0.4) is 0 Å². The van der Waals surface area contributed by atoms with Gasteiger partial charge in [-0.2, -0.15) is 0 Å². The number of amides is 4. The summed E-state index contributed by atoms with van der Waals surface area (Å²) in [7, 11) is 0. The van der Waals surface area contributed by atoms with E-state index in [1.165, 1.54) is 6.92 Å². The molecule has 11 heteroatoms. The fourth-order valence-electron chi connectivity index (χ4n) is 4.92. The monoisotopic (exact) mass is 541 g/mol. The summed E-state index contributed by atoms with van der Waals surface area (Å²) in [6.07, 6.45) is 0. The standard InChI is InChI=1S/C29H31N7O4/c1-19(36-28(39)22-10-6-7-11-23(22)29(36)40)27(38)35-16-14-34(15-17-35)25-18-24(31-13-12-30-20(2)37)32-26(33-25)21-8-4-3-5-9-21/h3-11,18-19H,12-17H2,1-2H3,(H,30,37)(H,31,32,33). The number of imide groups is 1. The van der Waals surface area contributed by atoms with E-state index in [1.54, 1.807) is 36.1 Å². The Morgan fingerprint density at radius 2 is 1.50 bits per heavy atom. The van der Waals surface area contributed by atoms with Gasteiger partial charge in [0.1, 0.15) is 17.7 Å². The van der Waals surface area contributed by atoms with Crippen LogP contribution in [0, 0.1) is 0 Å². The first-order valence-electron chi connectivity index (χ1n) is 13.3. The van der Waals surface area contributed by atoms with Crippen LogP contribution in [0.5, 0.6) is 0 Å². The molecule has 1 fully saturated rings. The summed E-state index contributed by atoms with van der Waals surface area (Å²) in [5.74, 6) is 0.685. The Hall–Kier alpha value is -4.80. The second-order valence-electron chi connectivity index (χ2n) is 9.72. The van der Waals surface area contributed by atoms with Crippen molar-refractivity contribution in [1.29, 1.82) is 0 Å². The van der Waals surface area contributed by atoms with E-state index in [-0.39, 0.29) is 11.8 Å². The second-order valence-corrected chi connectivity index (χ2v) is 9.72. The van der Waals surface area contributed by atoms with E-state index in [1.807, 2.05) is 36.4 Å². The van der Waals surface area contributed by atoms with Gasteiger partial charge in [0, 0.05) is 57.8 Å². The first-order chi connectivity index (χ1) is 19.3. The maximum absolute atomic E-state index is 13.4. The van der Waals surface area contributed by atoms with Gasteiger partial charge in [0.15, 0.2) is 5.82 Å². The van der Waals surface area contributed by atoms with Crippen molar-refractivity contribution >= 4 is 35.3 Å². The summed E-state index contributed by atoms with van der Waals surface area (Å²) < 4.78 is 0. The quantitative estimate of drug-likeness (QED) is 0.328. The number of hydrogen-bond donors (Lipinski definition) is 2. The Bertz CT molecular complexity index is 1400. The Morgan fingerprint density at radius 3 is 2.12 bits per heavy atom. The molecule has 0 saturated carbocycles. The number of anilines is 2. The van der Waals surface area contributed by atoms with Crippen LogP contribution in [-0.4, -0.2) is 88.7 Å². The largest absolute Gasteiger partial charge is 0.368 e. The lowest BCUT2D eigenvalue weighted by Crippen LogP contribution is -2.55. The number of fused-ring (bicyclic) bond motifs is 1. The maximum Gasteiger partial charge on any atom is 0.262 e. The molecule has 0 radical (unpaired) electrons. The summed E-state index contributed by atoms with van der Waals surface area (Å²) in [5.41, 5.74) is 1.53. The SMILES string of the molecule is CC(=O)NCCNc1cc(N2CCN(C(=O)C(C)N3C(=O)c4ccccc4C3=O)CC2)nc(-c2ccccc2)n1. The van der Waals surface area contributed by atoms with E-state index in [2.05, 4.69) is 20.5 Å². The molecule has 3 aromatic rings. The number of aromatic nitrogens is 2. The lowest BCUT2D eigenvalue weighted by atomic mass is 10.1. The van der Waals surface area contributed by atoms with Crippen molar-refractivity contribution in [2.75, 3.05) is 49.5 Å². The van der Waals surface area contributed by atoms with Gasteiger partial charge in [-0.05, 0) is 19.1 Å². The van der Waals surface area contributed by atoms with E-state index < -0.39 is 17.9 Å². The van der Waals surface area contributed by atoms with E-state index in [0.717, 1.165) is 16.3 Å². The van der Waals surface area contributed by atoms with Crippen LogP contribution in [-0.2, 0) is 9.59 Å². The topological polar surface area (TPSA) is 128 Å². The van der Waals surface area contributed by atoms with Gasteiger partial charge in [0.2, 0.25) is 11.8 Å². The van der Waals surface area contributed by atoms with Gasteiger partial charge >= 0.3 is 0 Å². The molecule has 1 unspecified atom stereocenters. The third kappa shape index (κ3) is 5.49. The average molecular weight is 542 g/mol. The summed E-state index contributed by atoms with van der Waals surface area (Å²) in [6.45, 7) is 5.93. The van der Waals surface area contributed by atoms with Gasteiger partial charge in [-0.25, -0.2) is 9.97 Å². The van der Waals surface area contributed by atoms with E-state index in [0.29, 0.717) is 62.0 Å². The number of piperazine rings is 1. The highest BCUT2D eigenvalue weighted by Crippen LogP contribution is 2.26. The maximum atomic E-state index is 13.4. The highest BCUT2D eigenvalue weighted by atomic mass is 16.2. The lowest BCUT2D eigenvalue weighted by Gasteiger charge is -2.37. The van der Waals surface area contributed by atoms with Crippen LogP contribution in [0.15, 0.2) is 60.7 Å². The molecule has 3 heterocycles. The Labute approximate surface area is 232 Å². The molecule has 0 aliphatic carbocycles. The zero-order valence-corrected chi connectivity index (χ0v) is 22.5. The first-order valence-corrected chi connectivity index (χ1v) is 13.3. The minimum absolute atomic E-state index is 0.0973.